The third-order valence-corrected chi connectivity index (χ3v) is 10.3. The van der Waals surface area contributed by atoms with Crippen molar-refractivity contribution in [2.75, 3.05) is 47.5 Å². The third kappa shape index (κ3) is 38.5. The van der Waals surface area contributed by atoms with Crippen molar-refractivity contribution < 1.29 is 42.1 Å². The van der Waals surface area contributed by atoms with E-state index in [0.29, 0.717) is 23.9 Å². The lowest BCUT2D eigenvalue weighted by Crippen LogP contribution is -2.37. The molecule has 0 aliphatic heterocycles. The van der Waals surface area contributed by atoms with Crippen LogP contribution >= 0.6 is 7.82 Å². The molecule has 0 saturated heterocycles. The zero-order valence-electron chi connectivity index (χ0n) is 34.6. The molecule has 0 aliphatic rings. The number of ether oxygens (including phenoxy) is 2. The van der Waals surface area contributed by atoms with Crippen LogP contribution in [0.5, 0.6) is 0 Å². The van der Waals surface area contributed by atoms with Gasteiger partial charge in [0.1, 0.15) is 19.8 Å². The van der Waals surface area contributed by atoms with E-state index in [1.54, 1.807) is 0 Å². The predicted molar refractivity (Wildman–Crippen MR) is 215 cm³/mol. The standard InChI is InChI=1S/C42H82NO8P/c1-6-8-10-12-14-15-16-17-18-19-20-21-22-23-24-25-26-27-29-31-33-35-42(45)51-40(39-50-52(46,47)49-37-36-43(3,4)5)38-48-41(44)34-32-30-28-13-11-9-7-2/h17-18,40H,6-16,19-39H2,1-5H3/p+1/b18-17+/t40-/m1/s1. The van der Waals surface area contributed by atoms with Gasteiger partial charge in [-0.25, -0.2) is 4.57 Å². The number of carbonyl (C=O) groups excluding carboxylic acids is 2. The second-order valence-electron chi connectivity index (χ2n) is 15.7. The number of phosphoric ester groups is 1. The lowest BCUT2D eigenvalue weighted by molar-refractivity contribution is -0.870. The van der Waals surface area contributed by atoms with Crippen molar-refractivity contribution in [3.05, 3.63) is 12.2 Å². The molecule has 0 fully saturated rings. The number of rotatable bonds is 39. The monoisotopic (exact) mass is 761 g/mol. The Morgan fingerprint density at radius 2 is 0.981 bits per heavy atom. The molecule has 9 nitrogen and oxygen atoms in total. The first-order valence-corrected chi connectivity index (χ1v) is 22.9. The fraction of sp³-hybridized carbons (Fsp3) is 0.905. The Hall–Kier alpha value is -1.25. The van der Waals surface area contributed by atoms with Crippen LogP contribution in [0.3, 0.4) is 0 Å². The van der Waals surface area contributed by atoms with Gasteiger partial charge in [-0.2, -0.15) is 0 Å². The summed E-state index contributed by atoms with van der Waals surface area (Å²) in [7, 11) is 1.48. The first kappa shape index (κ1) is 50.8. The second-order valence-corrected chi connectivity index (χ2v) is 17.2. The van der Waals surface area contributed by atoms with E-state index < -0.39 is 26.5 Å². The number of quaternary nitrogens is 1. The molecule has 0 aliphatic carbocycles. The van der Waals surface area contributed by atoms with E-state index in [-0.39, 0.29) is 25.6 Å². The number of hydrogen-bond donors (Lipinski definition) is 1. The van der Waals surface area contributed by atoms with Crippen molar-refractivity contribution in [3.8, 4) is 0 Å². The average Bonchev–Trinajstić information content (AvgIpc) is 3.09. The molecular weight excluding hydrogens is 677 g/mol. The van der Waals surface area contributed by atoms with Crippen molar-refractivity contribution in [2.45, 2.75) is 200 Å². The van der Waals surface area contributed by atoms with Crippen molar-refractivity contribution >= 4 is 19.8 Å². The van der Waals surface area contributed by atoms with Crippen molar-refractivity contribution in [3.63, 3.8) is 0 Å². The molecule has 0 radical (unpaired) electrons. The molecule has 0 aromatic heterocycles. The first-order valence-electron chi connectivity index (χ1n) is 21.4. The van der Waals surface area contributed by atoms with Crippen LogP contribution in [-0.2, 0) is 32.7 Å². The Bertz CT molecular complexity index is 907. The molecule has 1 N–H and O–H groups in total. The molecule has 1 unspecified atom stereocenters. The Balaban J connectivity index is 4.19. The van der Waals surface area contributed by atoms with Gasteiger partial charge in [0.15, 0.2) is 6.10 Å². The fourth-order valence-electron chi connectivity index (χ4n) is 5.89. The Kier molecular flexibility index (Phi) is 34.6. The molecule has 308 valence electrons. The molecule has 0 rings (SSSR count). The molecule has 0 bridgehead atoms. The number of allylic oxidation sites excluding steroid dienone is 2. The van der Waals surface area contributed by atoms with E-state index in [0.717, 1.165) is 32.1 Å². The predicted octanol–water partition coefficient (Wildman–Crippen LogP) is 11.8. The number of hydrogen-bond acceptors (Lipinski definition) is 7. The molecular formula is C42H83NO8P+. The molecule has 0 spiro atoms. The minimum atomic E-state index is -4.36. The Morgan fingerprint density at radius 3 is 1.42 bits per heavy atom. The second kappa shape index (κ2) is 35.5. The maximum Gasteiger partial charge on any atom is 0.472 e. The Morgan fingerprint density at radius 1 is 0.577 bits per heavy atom. The summed E-state index contributed by atoms with van der Waals surface area (Å²) >= 11 is 0. The molecule has 10 heteroatoms. The summed E-state index contributed by atoms with van der Waals surface area (Å²) in [5.74, 6) is -0.800. The molecule has 0 aromatic carbocycles. The van der Waals surface area contributed by atoms with Crippen LogP contribution in [0, 0.1) is 0 Å². The van der Waals surface area contributed by atoms with Gasteiger partial charge in [-0.1, -0.05) is 154 Å². The summed E-state index contributed by atoms with van der Waals surface area (Å²) < 4.78 is 34.1. The van der Waals surface area contributed by atoms with Crippen LogP contribution in [0.1, 0.15) is 194 Å². The van der Waals surface area contributed by atoms with Gasteiger partial charge in [-0.3, -0.25) is 18.6 Å². The molecule has 52 heavy (non-hydrogen) atoms. The van der Waals surface area contributed by atoms with Crippen molar-refractivity contribution in [2.24, 2.45) is 0 Å². The number of phosphoric acid groups is 1. The van der Waals surface area contributed by atoms with Crippen LogP contribution < -0.4 is 0 Å². The minimum Gasteiger partial charge on any atom is -0.462 e. The van der Waals surface area contributed by atoms with Gasteiger partial charge in [0.05, 0.1) is 27.7 Å². The first-order chi connectivity index (χ1) is 25.0. The van der Waals surface area contributed by atoms with E-state index in [1.165, 1.54) is 128 Å². The van der Waals surface area contributed by atoms with E-state index in [2.05, 4.69) is 26.0 Å². The van der Waals surface area contributed by atoms with Crippen LogP contribution in [-0.4, -0.2) is 74.9 Å². The highest BCUT2D eigenvalue weighted by atomic mass is 31.2. The molecule has 0 heterocycles. The molecule has 2 atom stereocenters. The summed E-state index contributed by atoms with van der Waals surface area (Å²) in [5, 5.41) is 0. The lowest BCUT2D eigenvalue weighted by atomic mass is 10.0. The number of carbonyl (C=O) groups is 2. The van der Waals surface area contributed by atoms with Crippen LogP contribution in [0.4, 0.5) is 0 Å². The maximum atomic E-state index is 12.6. The van der Waals surface area contributed by atoms with Crippen LogP contribution in [0.15, 0.2) is 12.2 Å². The van der Waals surface area contributed by atoms with Gasteiger partial charge in [-0.15, -0.1) is 0 Å². The molecule has 0 amide bonds. The number of esters is 2. The largest absolute Gasteiger partial charge is 0.472 e. The van der Waals surface area contributed by atoms with E-state index in [9.17, 15) is 19.0 Å². The smallest absolute Gasteiger partial charge is 0.462 e. The van der Waals surface area contributed by atoms with Crippen molar-refractivity contribution in [1.82, 2.24) is 0 Å². The number of nitrogens with zero attached hydrogens (tertiary/aromatic N) is 1. The van der Waals surface area contributed by atoms with E-state index in [4.69, 9.17) is 18.5 Å². The quantitative estimate of drug-likeness (QED) is 0.0217. The molecule has 0 saturated carbocycles. The third-order valence-electron chi connectivity index (χ3n) is 9.30. The normalized spacial score (nSPS) is 13.7. The zero-order valence-corrected chi connectivity index (χ0v) is 35.5. The van der Waals surface area contributed by atoms with Crippen LogP contribution in [0.2, 0.25) is 0 Å². The highest BCUT2D eigenvalue weighted by Crippen LogP contribution is 2.43. The summed E-state index contributed by atoms with van der Waals surface area (Å²) in [6, 6.07) is 0. The van der Waals surface area contributed by atoms with Gasteiger partial charge >= 0.3 is 19.8 Å². The Labute approximate surface area is 320 Å². The summed E-state index contributed by atoms with van der Waals surface area (Å²) in [6.45, 7) is 4.38. The average molecular weight is 761 g/mol. The fourth-order valence-corrected chi connectivity index (χ4v) is 6.63. The number of likely N-dealkylation sites (N-methyl/N-ethyl adjacent to an activating group) is 1. The highest BCUT2D eigenvalue weighted by molar-refractivity contribution is 7.47. The minimum absolute atomic E-state index is 0.0344. The van der Waals surface area contributed by atoms with E-state index >= 15 is 0 Å². The highest BCUT2D eigenvalue weighted by Gasteiger charge is 2.27. The summed E-state index contributed by atoms with van der Waals surface area (Å²) in [4.78, 5) is 35.1. The number of unbranched alkanes of at least 4 members (excludes halogenated alkanes) is 23. The summed E-state index contributed by atoms with van der Waals surface area (Å²) in [5.41, 5.74) is 0. The van der Waals surface area contributed by atoms with Gasteiger partial charge in [0.2, 0.25) is 0 Å². The summed E-state index contributed by atoms with van der Waals surface area (Å²) in [6.07, 6.45) is 35.7. The zero-order chi connectivity index (χ0) is 38.6. The van der Waals surface area contributed by atoms with Gasteiger partial charge < -0.3 is 18.9 Å². The SMILES string of the molecule is CCCCCCCC/C=C/CCCCCCCCCCCCCC(=O)O[C@H](COC(=O)CCCCCCCCC)COP(=O)(O)OCC[N+](C)(C)C. The van der Waals surface area contributed by atoms with Crippen LogP contribution in [0.25, 0.3) is 0 Å². The van der Waals surface area contributed by atoms with Crippen molar-refractivity contribution in [1.29, 1.82) is 0 Å². The maximum absolute atomic E-state index is 12.6. The van der Waals surface area contributed by atoms with Gasteiger partial charge in [0, 0.05) is 12.8 Å². The van der Waals surface area contributed by atoms with E-state index in [1.807, 2.05) is 21.1 Å². The molecule has 0 aromatic rings. The topological polar surface area (TPSA) is 108 Å². The van der Waals surface area contributed by atoms with Gasteiger partial charge in [0.25, 0.3) is 0 Å². The lowest BCUT2D eigenvalue weighted by Gasteiger charge is -2.24. The van der Waals surface area contributed by atoms with Gasteiger partial charge in [-0.05, 0) is 38.5 Å².